The maximum atomic E-state index is 5.01. The van der Waals surface area contributed by atoms with E-state index in [0.717, 1.165) is 38.5 Å². The van der Waals surface area contributed by atoms with E-state index in [0.29, 0.717) is 0 Å². The van der Waals surface area contributed by atoms with Gasteiger partial charge in [0.25, 0.3) is 0 Å². The number of ether oxygens (including phenoxy) is 1. The molecule has 0 unspecified atom stereocenters. The van der Waals surface area contributed by atoms with Crippen LogP contribution in [0.3, 0.4) is 0 Å². The zero-order valence-electron chi connectivity index (χ0n) is 10.6. The Morgan fingerprint density at radius 2 is 2.39 bits per heavy atom. The maximum Gasteiger partial charge on any atom is 0.150 e. The van der Waals surface area contributed by atoms with Crippen molar-refractivity contribution in [3.8, 4) is 10.7 Å². The summed E-state index contributed by atoms with van der Waals surface area (Å²) in [4.78, 5) is 5.63. The molecule has 0 saturated carbocycles. The highest BCUT2D eigenvalue weighted by Crippen LogP contribution is 2.22. The molecule has 0 radical (unpaired) electrons. The Morgan fingerprint density at radius 3 is 3.17 bits per heavy atom. The zero-order valence-corrected chi connectivity index (χ0v) is 11.4. The van der Waals surface area contributed by atoms with Crippen LogP contribution in [0.4, 0.5) is 0 Å². The topological polar surface area (TPSA) is 39.1 Å². The molecule has 0 atom stereocenters. The third-order valence-corrected chi connectivity index (χ3v) is 3.55. The first kappa shape index (κ1) is 13.3. The van der Waals surface area contributed by atoms with Gasteiger partial charge in [0.1, 0.15) is 5.82 Å². The molecule has 0 aliphatic rings. The van der Waals surface area contributed by atoms with E-state index in [4.69, 9.17) is 4.74 Å². The molecule has 0 aromatic carbocycles. The van der Waals surface area contributed by atoms with Gasteiger partial charge in [0, 0.05) is 39.2 Å². The lowest BCUT2D eigenvalue weighted by molar-refractivity contribution is 0.194. The van der Waals surface area contributed by atoms with Crippen LogP contribution in [0.15, 0.2) is 29.9 Å². The van der Waals surface area contributed by atoms with Crippen LogP contribution in [0.2, 0.25) is 0 Å². The van der Waals surface area contributed by atoms with Gasteiger partial charge in [-0.25, -0.2) is 4.98 Å². The number of aromatic nitrogens is 2. The summed E-state index contributed by atoms with van der Waals surface area (Å²) in [6, 6.07) is 4.16. The molecule has 18 heavy (non-hydrogen) atoms. The minimum atomic E-state index is 0.818. The summed E-state index contributed by atoms with van der Waals surface area (Å²) >= 11 is 1.72. The SMILES string of the molecule is COCCCNCCn1ccnc1-c1cccs1. The molecule has 0 amide bonds. The van der Waals surface area contributed by atoms with Crippen LogP contribution in [0, 0.1) is 0 Å². The first-order valence-corrected chi connectivity index (χ1v) is 7.04. The summed E-state index contributed by atoms with van der Waals surface area (Å²) < 4.78 is 7.20. The standard InChI is InChI=1S/C13H19N3OS/c1-17-10-3-5-14-6-8-16-9-7-15-13(16)12-4-2-11-18-12/h2,4,7,9,11,14H,3,5-6,8,10H2,1H3. The molecule has 0 fully saturated rings. The lowest BCUT2D eigenvalue weighted by Gasteiger charge is -2.07. The number of methoxy groups -OCH3 is 1. The van der Waals surface area contributed by atoms with E-state index in [1.807, 2.05) is 12.4 Å². The Hall–Kier alpha value is -1.17. The fourth-order valence-corrected chi connectivity index (χ4v) is 2.52. The van der Waals surface area contributed by atoms with Crippen molar-refractivity contribution in [1.82, 2.24) is 14.9 Å². The third-order valence-electron chi connectivity index (χ3n) is 2.69. The first-order valence-electron chi connectivity index (χ1n) is 6.16. The predicted octanol–water partition coefficient (Wildman–Crippen LogP) is 2.24. The second-order valence-corrected chi connectivity index (χ2v) is 4.97. The van der Waals surface area contributed by atoms with Gasteiger partial charge in [-0.1, -0.05) is 6.07 Å². The Morgan fingerprint density at radius 1 is 1.44 bits per heavy atom. The van der Waals surface area contributed by atoms with E-state index < -0.39 is 0 Å². The van der Waals surface area contributed by atoms with E-state index in [1.54, 1.807) is 18.4 Å². The van der Waals surface area contributed by atoms with Crippen LogP contribution < -0.4 is 5.32 Å². The number of imidazole rings is 1. The highest BCUT2D eigenvalue weighted by molar-refractivity contribution is 7.13. The lowest BCUT2D eigenvalue weighted by atomic mass is 10.4. The second-order valence-electron chi connectivity index (χ2n) is 4.02. The van der Waals surface area contributed by atoms with Gasteiger partial charge in [0.15, 0.2) is 0 Å². The summed E-state index contributed by atoms with van der Waals surface area (Å²) in [5, 5.41) is 5.49. The first-order chi connectivity index (χ1) is 8.92. The fourth-order valence-electron chi connectivity index (χ4n) is 1.79. The molecule has 0 bridgehead atoms. The van der Waals surface area contributed by atoms with Gasteiger partial charge in [0.2, 0.25) is 0 Å². The van der Waals surface area contributed by atoms with Gasteiger partial charge in [0.05, 0.1) is 4.88 Å². The van der Waals surface area contributed by atoms with Crippen LogP contribution >= 0.6 is 11.3 Å². The molecule has 1 N–H and O–H groups in total. The lowest BCUT2D eigenvalue weighted by Crippen LogP contribution is -2.21. The molecule has 98 valence electrons. The van der Waals surface area contributed by atoms with Crippen LogP contribution in [0.1, 0.15) is 6.42 Å². The van der Waals surface area contributed by atoms with Crippen molar-refractivity contribution in [2.75, 3.05) is 26.8 Å². The van der Waals surface area contributed by atoms with Crippen molar-refractivity contribution in [1.29, 1.82) is 0 Å². The quantitative estimate of drug-likeness (QED) is 0.744. The Balaban J connectivity index is 1.78. The summed E-state index contributed by atoms with van der Waals surface area (Å²) in [5.74, 6) is 1.06. The van der Waals surface area contributed by atoms with Crippen LogP contribution in [0.5, 0.6) is 0 Å². The van der Waals surface area contributed by atoms with Gasteiger partial charge in [-0.2, -0.15) is 0 Å². The van der Waals surface area contributed by atoms with E-state index in [2.05, 4.69) is 32.4 Å². The molecule has 2 aromatic heterocycles. The average molecular weight is 265 g/mol. The van der Waals surface area contributed by atoms with Crippen LogP contribution in [-0.2, 0) is 11.3 Å². The molecule has 0 aliphatic carbocycles. The second kappa shape index (κ2) is 7.31. The summed E-state index contributed by atoms with van der Waals surface area (Å²) in [6.07, 6.45) is 4.95. The summed E-state index contributed by atoms with van der Waals surface area (Å²) in [5.41, 5.74) is 0. The molecule has 5 heteroatoms. The minimum absolute atomic E-state index is 0.818. The van der Waals surface area contributed by atoms with Crippen molar-refractivity contribution in [2.45, 2.75) is 13.0 Å². The van der Waals surface area contributed by atoms with Crippen molar-refractivity contribution in [2.24, 2.45) is 0 Å². The van der Waals surface area contributed by atoms with Crippen LogP contribution in [-0.4, -0.2) is 36.4 Å². The number of nitrogens with one attached hydrogen (secondary N) is 1. The highest BCUT2D eigenvalue weighted by Gasteiger charge is 2.05. The molecule has 2 rings (SSSR count). The minimum Gasteiger partial charge on any atom is -0.385 e. The Labute approximate surface area is 112 Å². The van der Waals surface area contributed by atoms with E-state index in [9.17, 15) is 0 Å². The molecule has 4 nitrogen and oxygen atoms in total. The average Bonchev–Trinajstić information content (AvgIpc) is 3.03. The normalized spacial score (nSPS) is 10.9. The van der Waals surface area contributed by atoms with Crippen molar-refractivity contribution in [3.63, 3.8) is 0 Å². The van der Waals surface area contributed by atoms with Crippen molar-refractivity contribution >= 4 is 11.3 Å². The molecular weight excluding hydrogens is 246 g/mol. The molecule has 0 spiro atoms. The Bertz CT molecular complexity index is 439. The van der Waals surface area contributed by atoms with Crippen LogP contribution in [0.25, 0.3) is 10.7 Å². The van der Waals surface area contributed by atoms with E-state index >= 15 is 0 Å². The van der Waals surface area contributed by atoms with Gasteiger partial charge in [-0.15, -0.1) is 11.3 Å². The van der Waals surface area contributed by atoms with Gasteiger partial charge < -0.3 is 14.6 Å². The Kier molecular flexibility index (Phi) is 5.38. The number of rotatable bonds is 8. The molecular formula is C13H19N3OS. The van der Waals surface area contributed by atoms with Crippen molar-refractivity contribution < 1.29 is 4.74 Å². The van der Waals surface area contributed by atoms with E-state index in [1.165, 1.54) is 4.88 Å². The monoisotopic (exact) mass is 265 g/mol. The number of hydrogen-bond acceptors (Lipinski definition) is 4. The summed E-state index contributed by atoms with van der Waals surface area (Å²) in [7, 11) is 1.73. The largest absolute Gasteiger partial charge is 0.385 e. The number of hydrogen-bond donors (Lipinski definition) is 1. The highest BCUT2D eigenvalue weighted by atomic mass is 32.1. The van der Waals surface area contributed by atoms with Crippen molar-refractivity contribution in [3.05, 3.63) is 29.9 Å². The molecule has 0 aliphatic heterocycles. The van der Waals surface area contributed by atoms with Gasteiger partial charge >= 0.3 is 0 Å². The zero-order chi connectivity index (χ0) is 12.6. The molecule has 2 aromatic rings. The fraction of sp³-hybridized carbons (Fsp3) is 0.462. The predicted molar refractivity (Wildman–Crippen MR) is 74.9 cm³/mol. The van der Waals surface area contributed by atoms with Gasteiger partial charge in [-0.05, 0) is 24.4 Å². The maximum absolute atomic E-state index is 5.01. The number of nitrogens with zero attached hydrogens (tertiary/aromatic N) is 2. The van der Waals surface area contributed by atoms with E-state index in [-0.39, 0.29) is 0 Å². The summed E-state index contributed by atoms with van der Waals surface area (Å²) in [6.45, 7) is 3.72. The third kappa shape index (κ3) is 3.66. The number of thiophene rings is 1. The van der Waals surface area contributed by atoms with Gasteiger partial charge in [-0.3, -0.25) is 0 Å². The smallest absolute Gasteiger partial charge is 0.150 e. The molecule has 2 heterocycles. The molecule has 0 saturated heterocycles.